The molecule has 0 aliphatic heterocycles. The fourth-order valence-corrected chi connectivity index (χ4v) is 1.48. The minimum atomic E-state index is 0.549. The second-order valence-corrected chi connectivity index (χ2v) is 3.68. The second-order valence-electron chi connectivity index (χ2n) is 3.68. The summed E-state index contributed by atoms with van der Waals surface area (Å²) in [6.45, 7) is 4.62. The molecule has 0 unspecified atom stereocenters. The molecular formula is C11H14N4. The smallest absolute Gasteiger partial charge is 0.200 e. The quantitative estimate of drug-likeness (QED) is 0.803. The summed E-state index contributed by atoms with van der Waals surface area (Å²) in [6, 6.07) is 4.05. The number of rotatable bonds is 2. The minimum Gasteiger partial charge on any atom is -0.369 e. The van der Waals surface area contributed by atoms with Crippen LogP contribution < -0.4 is 5.73 Å². The summed E-state index contributed by atoms with van der Waals surface area (Å²) < 4.78 is 1.92. The van der Waals surface area contributed by atoms with Crippen molar-refractivity contribution in [2.24, 2.45) is 0 Å². The maximum Gasteiger partial charge on any atom is 0.200 e. The van der Waals surface area contributed by atoms with Crippen molar-refractivity contribution in [3.63, 3.8) is 0 Å². The normalized spacial score (nSPS) is 10.5. The van der Waals surface area contributed by atoms with Crippen LogP contribution in [0, 0.1) is 13.8 Å². The molecule has 0 spiro atoms. The van der Waals surface area contributed by atoms with Gasteiger partial charge in [-0.3, -0.25) is 4.98 Å². The van der Waals surface area contributed by atoms with Gasteiger partial charge >= 0.3 is 0 Å². The van der Waals surface area contributed by atoms with Crippen LogP contribution in [-0.2, 0) is 6.54 Å². The summed E-state index contributed by atoms with van der Waals surface area (Å²) in [6.07, 6.45) is 3.80. The Hall–Kier alpha value is -1.84. The predicted octanol–water partition coefficient (Wildman–Crippen LogP) is 1.53. The first kappa shape index (κ1) is 9.71. The minimum absolute atomic E-state index is 0.549. The molecule has 0 saturated heterocycles. The van der Waals surface area contributed by atoms with Crippen molar-refractivity contribution < 1.29 is 0 Å². The van der Waals surface area contributed by atoms with Crippen LogP contribution in [0.1, 0.15) is 17.0 Å². The fraction of sp³-hybridized carbons (Fsp3) is 0.273. The lowest BCUT2D eigenvalue weighted by molar-refractivity contribution is 0.804. The average Bonchev–Trinajstić information content (AvgIpc) is 2.49. The Morgan fingerprint density at radius 1 is 1.27 bits per heavy atom. The summed E-state index contributed by atoms with van der Waals surface area (Å²) in [4.78, 5) is 8.38. The van der Waals surface area contributed by atoms with E-state index in [0.29, 0.717) is 5.95 Å². The van der Waals surface area contributed by atoms with E-state index in [4.69, 9.17) is 5.73 Å². The van der Waals surface area contributed by atoms with Crippen molar-refractivity contribution in [1.29, 1.82) is 0 Å². The van der Waals surface area contributed by atoms with E-state index in [-0.39, 0.29) is 0 Å². The Kier molecular flexibility index (Phi) is 2.41. The molecule has 78 valence electrons. The number of nitrogens with zero attached hydrogens (tertiary/aromatic N) is 3. The summed E-state index contributed by atoms with van der Waals surface area (Å²) in [5.41, 5.74) is 8.84. The van der Waals surface area contributed by atoms with Crippen LogP contribution in [0.5, 0.6) is 0 Å². The molecule has 2 N–H and O–H groups in total. The third-order valence-electron chi connectivity index (χ3n) is 2.25. The summed E-state index contributed by atoms with van der Waals surface area (Å²) >= 11 is 0. The zero-order valence-electron chi connectivity index (χ0n) is 8.94. The van der Waals surface area contributed by atoms with Crippen molar-refractivity contribution in [3.05, 3.63) is 41.5 Å². The molecule has 2 heterocycles. The van der Waals surface area contributed by atoms with Gasteiger partial charge in [-0.1, -0.05) is 6.07 Å². The van der Waals surface area contributed by atoms with Gasteiger partial charge in [-0.25, -0.2) is 4.98 Å². The molecule has 15 heavy (non-hydrogen) atoms. The molecule has 0 fully saturated rings. The maximum atomic E-state index is 5.75. The van der Waals surface area contributed by atoms with Gasteiger partial charge in [-0.05, 0) is 25.5 Å². The van der Waals surface area contributed by atoms with E-state index in [1.165, 1.54) is 0 Å². The summed E-state index contributed by atoms with van der Waals surface area (Å²) in [5, 5.41) is 0. The van der Waals surface area contributed by atoms with Crippen molar-refractivity contribution in [1.82, 2.24) is 14.5 Å². The molecule has 4 heteroatoms. The largest absolute Gasteiger partial charge is 0.369 e. The standard InChI is InChI=1S/C11H14N4/c1-8-3-4-10(5-13-8)7-15-6-9(2)14-11(15)12/h3-6H,7H2,1-2H3,(H2,12,14). The number of imidazole rings is 1. The van der Waals surface area contributed by atoms with Crippen LogP contribution in [0.4, 0.5) is 5.95 Å². The fourth-order valence-electron chi connectivity index (χ4n) is 1.48. The molecule has 0 radical (unpaired) electrons. The number of aromatic nitrogens is 3. The third kappa shape index (κ3) is 2.15. The Morgan fingerprint density at radius 2 is 2.07 bits per heavy atom. The SMILES string of the molecule is Cc1ccc(Cn2cc(C)nc2N)cn1. The molecule has 0 atom stereocenters. The Bertz CT molecular complexity index is 456. The molecule has 2 aromatic rings. The van der Waals surface area contributed by atoms with E-state index in [1.54, 1.807) is 0 Å². The lowest BCUT2D eigenvalue weighted by Gasteiger charge is -2.04. The highest BCUT2D eigenvalue weighted by Crippen LogP contribution is 2.08. The highest BCUT2D eigenvalue weighted by Gasteiger charge is 2.02. The van der Waals surface area contributed by atoms with E-state index < -0.39 is 0 Å². The molecule has 2 rings (SSSR count). The number of hydrogen-bond donors (Lipinski definition) is 1. The van der Waals surface area contributed by atoms with Gasteiger partial charge in [0.05, 0.1) is 12.2 Å². The molecule has 4 nitrogen and oxygen atoms in total. The zero-order chi connectivity index (χ0) is 10.8. The van der Waals surface area contributed by atoms with Crippen molar-refractivity contribution in [2.75, 3.05) is 5.73 Å². The van der Waals surface area contributed by atoms with Crippen LogP contribution >= 0.6 is 0 Å². The highest BCUT2D eigenvalue weighted by atomic mass is 15.1. The first-order valence-corrected chi connectivity index (χ1v) is 4.86. The van der Waals surface area contributed by atoms with Gasteiger partial charge in [0.1, 0.15) is 0 Å². The number of nitrogen functional groups attached to an aromatic ring is 1. The Balaban J connectivity index is 2.21. The third-order valence-corrected chi connectivity index (χ3v) is 2.25. The van der Waals surface area contributed by atoms with Crippen LogP contribution in [0.2, 0.25) is 0 Å². The predicted molar refractivity (Wildman–Crippen MR) is 59.5 cm³/mol. The van der Waals surface area contributed by atoms with E-state index in [9.17, 15) is 0 Å². The molecule has 0 bridgehead atoms. The van der Waals surface area contributed by atoms with Gasteiger partial charge in [-0.2, -0.15) is 0 Å². The van der Waals surface area contributed by atoms with E-state index in [2.05, 4.69) is 16.0 Å². The first-order valence-electron chi connectivity index (χ1n) is 4.86. The second kappa shape index (κ2) is 3.73. The number of anilines is 1. The monoisotopic (exact) mass is 202 g/mol. The van der Waals surface area contributed by atoms with Crippen LogP contribution in [0.3, 0.4) is 0 Å². The molecular weight excluding hydrogens is 188 g/mol. The van der Waals surface area contributed by atoms with Gasteiger partial charge < -0.3 is 10.3 Å². The van der Waals surface area contributed by atoms with Crippen LogP contribution in [-0.4, -0.2) is 14.5 Å². The first-order chi connectivity index (χ1) is 7.15. The maximum absolute atomic E-state index is 5.75. The van der Waals surface area contributed by atoms with Gasteiger partial charge in [0.15, 0.2) is 0 Å². The lowest BCUT2D eigenvalue weighted by Crippen LogP contribution is -2.03. The summed E-state index contributed by atoms with van der Waals surface area (Å²) in [5.74, 6) is 0.549. The highest BCUT2D eigenvalue weighted by molar-refractivity contribution is 5.24. The van der Waals surface area contributed by atoms with Crippen LogP contribution in [0.15, 0.2) is 24.5 Å². The molecule has 0 saturated carbocycles. The van der Waals surface area contributed by atoms with E-state index in [1.807, 2.05) is 36.9 Å². The average molecular weight is 202 g/mol. The number of nitrogens with two attached hydrogens (primary N) is 1. The molecule has 0 amide bonds. The van der Waals surface area contributed by atoms with E-state index >= 15 is 0 Å². The van der Waals surface area contributed by atoms with Crippen molar-refractivity contribution in [2.45, 2.75) is 20.4 Å². The van der Waals surface area contributed by atoms with E-state index in [0.717, 1.165) is 23.5 Å². The Morgan fingerprint density at radius 3 is 2.60 bits per heavy atom. The van der Waals surface area contributed by atoms with Crippen molar-refractivity contribution >= 4 is 5.95 Å². The van der Waals surface area contributed by atoms with Gasteiger partial charge in [0, 0.05) is 18.1 Å². The Labute approximate surface area is 88.8 Å². The number of aryl methyl sites for hydroxylation is 2. The lowest BCUT2D eigenvalue weighted by atomic mass is 10.2. The molecule has 2 aromatic heterocycles. The van der Waals surface area contributed by atoms with Crippen LogP contribution in [0.25, 0.3) is 0 Å². The molecule has 0 aliphatic rings. The van der Waals surface area contributed by atoms with Gasteiger partial charge in [-0.15, -0.1) is 0 Å². The van der Waals surface area contributed by atoms with Gasteiger partial charge in [0.2, 0.25) is 5.95 Å². The molecule has 0 aromatic carbocycles. The zero-order valence-corrected chi connectivity index (χ0v) is 8.94. The molecule has 0 aliphatic carbocycles. The topological polar surface area (TPSA) is 56.7 Å². The number of pyridine rings is 1. The van der Waals surface area contributed by atoms with Gasteiger partial charge in [0.25, 0.3) is 0 Å². The van der Waals surface area contributed by atoms with Crippen molar-refractivity contribution in [3.8, 4) is 0 Å². The summed E-state index contributed by atoms with van der Waals surface area (Å²) in [7, 11) is 0. The number of hydrogen-bond acceptors (Lipinski definition) is 3.